The van der Waals surface area contributed by atoms with Crippen LogP contribution in [0.2, 0.25) is 0 Å². The van der Waals surface area contributed by atoms with Gasteiger partial charge in [0, 0.05) is 19.6 Å². The van der Waals surface area contributed by atoms with E-state index in [0.717, 1.165) is 38.8 Å². The van der Waals surface area contributed by atoms with Crippen LogP contribution in [0.15, 0.2) is 0 Å². The molecule has 92 valence electrons. The number of piperidine rings is 1. The van der Waals surface area contributed by atoms with Gasteiger partial charge in [-0.3, -0.25) is 9.69 Å². The number of carbonyl (C=O) groups excluding carboxylic acids is 1. The van der Waals surface area contributed by atoms with E-state index in [4.69, 9.17) is 4.74 Å². The van der Waals surface area contributed by atoms with Crippen molar-refractivity contribution in [1.82, 2.24) is 4.90 Å². The largest absolute Gasteiger partial charge is 0.380 e. The van der Waals surface area contributed by atoms with Crippen molar-refractivity contribution in [1.29, 1.82) is 0 Å². The van der Waals surface area contributed by atoms with Crippen molar-refractivity contribution in [3.05, 3.63) is 0 Å². The van der Waals surface area contributed by atoms with E-state index in [9.17, 15) is 4.79 Å². The molecule has 16 heavy (non-hydrogen) atoms. The van der Waals surface area contributed by atoms with E-state index in [1.165, 1.54) is 12.8 Å². The first-order chi connectivity index (χ1) is 7.79. The highest BCUT2D eigenvalue weighted by Crippen LogP contribution is 2.26. The minimum absolute atomic E-state index is 0.338. The fraction of sp³-hybridized carbons (Fsp3) is 0.923. The van der Waals surface area contributed by atoms with Crippen LogP contribution in [-0.4, -0.2) is 43.5 Å². The number of Topliss-reactive ketones (excluding diaryl/α,β-unsaturated/α-hetero) is 1. The summed E-state index contributed by atoms with van der Waals surface area (Å²) < 4.78 is 5.38. The van der Waals surface area contributed by atoms with Gasteiger partial charge in [0.25, 0.3) is 0 Å². The van der Waals surface area contributed by atoms with Gasteiger partial charge in [0.15, 0.2) is 0 Å². The second-order valence-electron chi connectivity index (χ2n) is 5.18. The molecule has 2 aliphatic rings. The Balaban J connectivity index is 1.77. The van der Waals surface area contributed by atoms with Crippen molar-refractivity contribution < 1.29 is 9.53 Å². The third-order valence-electron chi connectivity index (χ3n) is 3.99. The molecule has 1 aliphatic heterocycles. The standard InChI is InChI=1S/C13H23NO2/c1-16-12-7-4-8-14(9-12)10-13(15)11-5-2-3-6-11/h11-12H,2-10H2,1H3. The molecule has 1 saturated carbocycles. The average Bonchev–Trinajstić information content (AvgIpc) is 2.83. The Labute approximate surface area is 98.1 Å². The summed E-state index contributed by atoms with van der Waals surface area (Å²) in [7, 11) is 1.77. The van der Waals surface area contributed by atoms with Gasteiger partial charge in [-0.25, -0.2) is 0 Å². The minimum atomic E-state index is 0.338. The Morgan fingerprint density at radius 3 is 2.69 bits per heavy atom. The van der Waals surface area contributed by atoms with Crippen LogP contribution in [0, 0.1) is 5.92 Å². The molecule has 0 bridgehead atoms. The first-order valence-electron chi connectivity index (χ1n) is 6.57. The smallest absolute Gasteiger partial charge is 0.149 e. The van der Waals surface area contributed by atoms with Crippen LogP contribution in [0.4, 0.5) is 0 Å². The molecule has 1 unspecified atom stereocenters. The summed E-state index contributed by atoms with van der Waals surface area (Å²) in [6.07, 6.45) is 7.39. The quantitative estimate of drug-likeness (QED) is 0.731. The van der Waals surface area contributed by atoms with Gasteiger partial charge in [0.2, 0.25) is 0 Å². The fourth-order valence-corrected chi connectivity index (χ4v) is 2.95. The van der Waals surface area contributed by atoms with Gasteiger partial charge in [0.05, 0.1) is 12.6 Å². The summed E-state index contributed by atoms with van der Waals surface area (Å²) in [4.78, 5) is 14.3. The molecule has 1 saturated heterocycles. The third-order valence-corrected chi connectivity index (χ3v) is 3.99. The third kappa shape index (κ3) is 3.05. The Bertz CT molecular complexity index is 236. The molecule has 3 nitrogen and oxygen atoms in total. The molecule has 0 radical (unpaired) electrons. The van der Waals surface area contributed by atoms with Gasteiger partial charge >= 0.3 is 0 Å². The number of carbonyl (C=O) groups is 1. The number of rotatable bonds is 4. The Morgan fingerprint density at radius 1 is 1.25 bits per heavy atom. The second-order valence-corrected chi connectivity index (χ2v) is 5.18. The normalized spacial score (nSPS) is 28.4. The zero-order chi connectivity index (χ0) is 11.4. The van der Waals surface area contributed by atoms with Crippen LogP contribution in [0.25, 0.3) is 0 Å². The number of hydrogen-bond acceptors (Lipinski definition) is 3. The molecule has 0 aromatic heterocycles. The monoisotopic (exact) mass is 225 g/mol. The van der Waals surface area contributed by atoms with E-state index in [0.29, 0.717) is 24.3 Å². The number of methoxy groups -OCH3 is 1. The first-order valence-corrected chi connectivity index (χ1v) is 6.57. The summed E-state index contributed by atoms with van der Waals surface area (Å²) in [6, 6.07) is 0. The molecule has 1 aliphatic carbocycles. The van der Waals surface area contributed by atoms with Gasteiger partial charge in [-0.1, -0.05) is 12.8 Å². The minimum Gasteiger partial charge on any atom is -0.380 e. The molecule has 0 N–H and O–H groups in total. The summed E-state index contributed by atoms with van der Waals surface area (Å²) in [5.41, 5.74) is 0. The van der Waals surface area contributed by atoms with Crippen molar-refractivity contribution in [2.45, 2.75) is 44.6 Å². The second kappa shape index (κ2) is 5.78. The maximum Gasteiger partial charge on any atom is 0.149 e. The highest BCUT2D eigenvalue weighted by atomic mass is 16.5. The van der Waals surface area contributed by atoms with Crippen LogP contribution in [0.3, 0.4) is 0 Å². The molecule has 3 heteroatoms. The SMILES string of the molecule is COC1CCCN(CC(=O)C2CCCC2)C1. The lowest BCUT2D eigenvalue weighted by Gasteiger charge is -2.31. The van der Waals surface area contributed by atoms with Crippen LogP contribution < -0.4 is 0 Å². The van der Waals surface area contributed by atoms with E-state index in [2.05, 4.69) is 4.90 Å². The number of nitrogens with zero attached hydrogens (tertiary/aromatic N) is 1. The predicted molar refractivity (Wildman–Crippen MR) is 63.4 cm³/mol. The van der Waals surface area contributed by atoms with Gasteiger partial charge in [0.1, 0.15) is 5.78 Å². The van der Waals surface area contributed by atoms with E-state index in [1.54, 1.807) is 7.11 Å². The Morgan fingerprint density at radius 2 is 2.00 bits per heavy atom. The van der Waals surface area contributed by atoms with Gasteiger partial charge in [-0.2, -0.15) is 0 Å². The number of hydrogen-bond donors (Lipinski definition) is 0. The predicted octanol–water partition coefficient (Wildman–Crippen LogP) is 1.86. The van der Waals surface area contributed by atoms with E-state index >= 15 is 0 Å². The molecule has 1 atom stereocenters. The Hall–Kier alpha value is -0.410. The summed E-state index contributed by atoms with van der Waals surface area (Å²) >= 11 is 0. The summed E-state index contributed by atoms with van der Waals surface area (Å²) in [6.45, 7) is 2.66. The van der Waals surface area contributed by atoms with Crippen LogP contribution in [0.5, 0.6) is 0 Å². The molecule has 2 rings (SSSR count). The Kier molecular flexibility index (Phi) is 4.36. The maximum atomic E-state index is 12.0. The zero-order valence-corrected chi connectivity index (χ0v) is 10.3. The lowest BCUT2D eigenvalue weighted by Crippen LogP contribution is -2.42. The first kappa shape index (κ1) is 12.1. The topological polar surface area (TPSA) is 29.5 Å². The highest BCUT2D eigenvalue weighted by Gasteiger charge is 2.26. The lowest BCUT2D eigenvalue weighted by atomic mass is 10.0. The molecular weight excluding hydrogens is 202 g/mol. The van der Waals surface area contributed by atoms with Crippen LogP contribution >= 0.6 is 0 Å². The molecule has 0 spiro atoms. The van der Waals surface area contributed by atoms with Crippen molar-refractivity contribution in [2.24, 2.45) is 5.92 Å². The number of ether oxygens (including phenoxy) is 1. The molecule has 2 fully saturated rings. The molecule has 1 heterocycles. The zero-order valence-electron chi connectivity index (χ0n) is 10.3. The van der Waals surface area contributed by atoms with E-state index in [-0.39, 0.29) is 0 Å². The van der Waals surface area contributed by atoms with Crippen molar-refractivity contribution in [3.8, 4) is 0 Å². The highest BCUT2D eigenvalue weighted by molar-refractivity contribution is 5.83. The van der Waals surface area contributed by atoms with Crippen molar-refractivity contribution >= 4 is 5.78 Å². The number of ketones is 1. The number of likely N-dealkylation sites (tertiary alicyclic amines) is 1. The van der Waals surface area contributed by atoms with Crippen molar-refractivity contribution in [2.75, 3.05) is 26.7 Å². The van der Waals surface area contributed by atoms with Crippen molar-refractivity contribution in [3.63, 3.8) is 0 Å². The van der Waals surface area contributed by atoms with Crippen LogP contribution in [-0.2, 0) is 9.53 Å². The van der Waals surface area contributed by atoms with Crippen LogP contribution in [0.1, 0.15) is 38.5 Å². The van der Waals surface area contributed by atoms with Gasteiger partial charge in [-0.15, -0.1) is 0 Å². The van der Waals surface area contributed by atoms with Gasteiger partial charge < -0.3 is 4.74 Å². The van der Waals surface area contributed by atoms with E-state index in [1.807, 2.05) is 0 Å². The molecule has 0 aromatic carbocycles. The fourth-order valence-electron chi connectivity index (χ4n) is 2.95. The molecule has 0 amide bonds. The summed E-state index contributed by atoms with van der Waals surface area (Å²) in [5, 5.41) is 0. The average molecular weight is 225 g/mol. The molecule has 0 aromatic rings. The lowest BCUT2D eigenvalue weighted by molar-refractivity contribution is -0.124. The molecular formula is C13H23NO2. The van der Waals surface area contributed by atoms with Gasteiger partial charge in [-0.05, 0) is 32.2 Å². The van der Waals surface area contributed by atoms with E-state index < -0.39 is 0 Å². The summed E-state index contributed by atoms with van der Waals surface area (Å²) in [5.74, 6) is 0.831. The maximum absolute atomic E-state index is 12.0.